The van der Waals surface area contributed by atoms with Gasteiger partial charge in [0.2, 0.25) is 5.91 Å². The van der Waals surface area contributed by atoms with Gasteiger partial charge in [-0.15, -0.1) is 36.2 Å². The molecule has 1 aromatic rings. The maximum Gasteiger partial charge on any atom is 0.240 e. The average molecular weight is 380 g/mol. The zero-order chi connectivity index (χ0) is 14.9. The van der Waals surface area contributed by atoms with E-state index in [0.29, 0.717) is 12.6 Å². The van der Waals surface area contributed by atoms with Crippen molar-refractivity contribution in [3.05, 3.63) is 21.9 Å². The van der Waals surface area contributed by atoms with Crippen LogP contribution >= 0.6 is 36.2 Å². The van der Waals surface area contributed by atoms with E-state index in [1.54, 1.807) is 0 Å². The van der Waals surface area contributed by atoms with E-state index >= 15 is 0 Å². The van der Waals surface area contributed by atoms with Crippen LogP contribution in [0.4, 0.5) is 0 Å². The Morgan fingerprint density at radius 3 is 2.83 bits per heavy atom. The summed E-state index contributed by atoms with van der Waals surface area (Å²) in [4.78, 5) is 16.2. The molecule has 0 spiro atoms. The third kappa shape index (κ3) is 4.60. The standard InChI is InChI=1S/C16H25N3OS.2ClH/c1-12(10-18-15(20)16(17)6-2-3-7-16)19-8-4-14-13(11-19)5-9-21-14;;/h5,9,12H,2-4,6-8,10-11,17H2,1H3,(H,18,20);2*1H. The molecule has 2 heterocycles. The molecule has 3 rings (SSSR count). The van der Waals surface area contributed by atoms with Gasteiger partial charge in [0.05, 0.1) is 5.54 Å². The van der Waals surface area contributed by atoms with Gasteiger partial charge in [-0.05, 0) is 43.2 Å². The lowest BCUT2D eigenvalue weighted by Gasteiger charge is -2.33. The molecule has 1 unspecified atom stereocenters. The first-order valence-electron chi connectivity index (χ1n) is 7.95. The number of nitrogens with one attached hydrogen (secondary N) is 1. The van der Waals surface area contributed by atoms with Crippen molar-refractivity contribution < 1.29 is 4.79 Å². The Hall–Kier alpha value is -0.330. The molecule has 0 saturated heterocycles. The molecule has 1 aliphatic carbocycles. The highest BCUT2D eigenvalue weighted by Crippen LogP contribution is 2.27. The fourth-order valence-electron chi connectivity index (χ4n) is 3.43. The number of amides is 1. The normalized spacial score (nSPS) is 20.8. The minimum atomic E-state index is -0.609. The van der Waals surface area contributed by atoms with Gasteiger partial charge in [-0.2, -0.15) is 0 Å². The highest BCUT2D eigenvalue weighted by atomic mass is 35.5. The largest absolute Gasteiger partial charge is 0.353 e. The van der Waals surface area contributed by atoms with Crippen LogP contribution in [0.15, 0.2) is 11.4 Å². The zero-order valence-corrected chi connectivity index (χ0v) is 16.0. The number of rotatable bonds is 4. The summed E-state index contributed by atoms with van der Waals surface area (Å²) in [5, 5.41) is 5.26. The maximum atomic E-state index is 12.3. The van der Waals surface area contributed by atoms with Gasteiger partial charge in [-0.3, -0.25) is 9.69 Å². The van der Waals surface area contributed by atoms with Crippen LogP contribution in [0.1, 0.15) is 43.0 Å². The highest BCUT2D eigenvalue weighted by molar-refractivity contribution is 7.10. The first kappa shape index (κ1) is 20.7. The van der Waals surface area contributed by atoms with Crippen molar-refractivity contribution in [2.45, 2.75) is 57.2 Å². The van der Waals surface area contributed by atoms with Crippen molar-refractivity contribution in [1.82, 2.24) is 10.2 Å². The Labute approximate surface area is 155 Å². The lowest BCUT2D eigenvalue weighted by molar-refractivity contribution is -0.126. The summed E-state index contributed by atoms with van der Waals surface area (Å²) in [6.45, 7) is 4.97. The van der Waals surface area contributed by atoms with Crippen LogP contribution in [0.2, 0.25) is 0 Å². The number of fused-ring (bicyclic) bond motifs is 1. The second-order valence-electron chi connectivity index (χ2n) is 6.51. The predicted molar refractivity (Wildman–Crippen MR) is 101 cm³/mol. The molecule has 132 valence electrons. The first-order chi connectivity index (χ1) is 10.1. The van der Waals surface area contributed by atoms with Crippen LogP contribution in [-0.2, 0) is 17.8 Å². The van der Waals surface area contributed by atoms with Crippen LogP contribution in [0.3, 0.4) is 0 Å². The number of nitrogens with zero attached hydrogens (tertiary/aromatic N) is 1. The van der Waals surface area contributed by atoms with Crippen LogP contribution in [0, 0.1) is 0 Å². The fraction of sp³-hybridized carbons (Fsp3) is 0.688. The van der Waals surface area contributed by atoms with Crippen molar-refractivity contribution in [2.24, 2.45) is 5.73 Å². The maximum absolute atomic E-state index is 12.3. The van der Waals surface area contributed by atoms with E-state index in [1.165, 1.54) is 10.4 Å². The van der Waals surface area contributed by atoms with Crippen molar-refractivity contribution >= 4 is 42.1 Å². The minimum Gasteiger partial charge on any atom is -0.353 e. The van der Waals surface area contributed by atoms with E-state index in [4.69, 9.17) is 5.73 Å². The van der Waals surface area contributed by atoms with E-state index in [9.17, 15) is 4.79 Å². The predicted octanol–water partition coefficient (Wildman–Crippen LogP) is 2.73. The summed E-state index contributed by atoms with van der Waals surface area (Å²) in [5.41, 5.74) is 7.04. The van der Waals surface area contributed by atoms with Gasteiger partial charge < -0.3 is 11.1 Å². The highest BCUT2D eigenvalue weighted by Gasteiger charge is 2.37. The lowest BCUT2D eigenvalue weighted by Crippen LogP contribution is -2.54. The van der Waals surface area contributed by atoms with E-state index in [2.05, 4.69) is 28.6 Å². The summed E-state index contributed by atoms with van der Waals surface area (Å²) in [6.07, 6.45) is 4.94. The molecule has 1 amide bonds. The van der Waals surface area contributed by atoms with E-state index in [0.717, 1.165) is 45.2 Å². The number of halogens is 2. The Morgan fingerprint density at radius 2 is 2.13 bits per heavy atom. The number of hydrogen-bond acceptors (Lipinski definition) is 4. The third-order valence-corrected chi connectivity index (χ3v) is 5.99. The molecule has 0 radical (unpaired) electrons. The molecule has 1 saturated carbocycles. The third-order valence-electron chi connectivity index (χ3n) is 4.97. The number of hydrogen-bond donors (Lipinski definition) is 2. The van der Waals surface area contributed by atoms with Crippen LogP contribution in [0.5, 0.6) is 0 Å². The van der Waals surface area contributed by atoms with Crippen molar-refractivity contribution in [3.8, 4) is 0 Å². The summed E-state index contributed by atoms with van der Waals surface area (Å²) < 4.78 is 0. The molecule has 1 aliphatic heterocycles. The molecule has 3 N–H and O–H groups in total. The average Bonchev–Trinajstić information content (AvgIpc) is 3.12. The van der Waals surface area contributed by atoms with Gasteiger partial charge in [-0.1, -0.05) is 12.8 Å². The van der Waals surface area contributed by atoms with Gasteiger partial charge in [0.15, 0.2) is 0 Å². The molecule has 0 bridgehead atoms. The summed E-state index contributed by atoms with van der Waals surface area (Å²) in [5.74, 6) is 0.0417. The molecule has 1 fully saturated rings. The van der Waals surface area contributed by atoms with Gasteiger partial charge >= 0.3 is 0 Å². The number of nitrogens with two attached hydrogens (primary N) is 1. The Balaban J connectivity index is 0.00000132. The van der Waals surface area contributed by atoms with E-state index in [-0.39, 0.29) is 30.7 Å². The quantitative estimate of drug-likeness (QED) is 0.845. The Kier molecular flexibility index (Phi) is 7.81. The molecular formula is C16H27Cl2N3OS. The van der Waals surface area contributed by atoms with Crippen LogP contribution in [0.25, 0.3) is 0 Å². The van der Waals surface area contributed by atoms with Gasteiger partial charge in [-0.25, -0.2) is 0 Å². The van der Waals surface area contributed by atoms with Gasteiger partial charge in [0.1, 0.15) is 0 Å². The molecule has 1 atom stereocenters. The second-order valence-corrected chi connectivity index (χ2v) is 7.51. The summed E-state index contributed by atoms with van der Waals surface area (Å²) >= 11 is 1.86. The zero-order valence-electron chi connectivity index (χ0n) is 13.5. The SMILES string of the molecule is CC(CNC(=O)C1(N)CCCC1)N1CCc2sccc2C1.Cl.Cl. The van der Waals surface area contributed by atoms with Crippen molar-refractivity contribution in [3.63, 3.8) is 0 Å². The lowest BCUT2D eigenvalue weighted by atomic mass is 9.98. The molecule has 1 aromatic heterocycles. The molecule has 2 aliphatic rings. The van der Waals surface area contributed by atoms with Crippen molar-refractivity contribution in [1.29, 1.82) is 0 Å². The van der Waals surface area contributed by atoms with Gasteiger partial charge in [0.25, 0.3) is 0 Å². The molecule has 0 aromatic carbocycles. The number of carbonyl (C=O) groups excluding carboxylic acids is 1. The van der Waals surface area contributed by atoms with Crippen molar-refractivity contribution in [2.75, 3.05) is 13.1 Å². The topological polar surface area (TPSA) is 58.4 Å². The summed E-state index contributed by atoms with van der Waals surface area (Å²) in [6, 6.07) is 2.58. The molecular weight excluding hydrogens is 353 g/mol. The van der Waals surface area contributed by atoms with Crippen LogP contribution < -0.4 is 11.1 Å². The number of thiophene rings is 1. The monoisotopic (exact) mass is 379 g/mol. The molecule has 4 nitrogen and oxygen atoms in total. The minimum absolute atomic E-state index is 0. The second kappa shape index (κ2) is 8.67. The Bertz CT molecular complexity index is 517. The molecule has 23 heavy (non-hydrogen) atoms. The first-order valence-corrected chi connectivity index (χ1v) is 8.83. The number of carbonyl (C=O) groups is 1. The van der Waals surface area contributed by atoms with Crippen LogP contribution in [-0.4, -0.2) is 35.5 Å². The van der Waals surface area contributed by atoms with E-state index < -0.39 is 5.54 Å². The Morgan fingerprint density at radius 1 is 1.43 bits per heavy atom. The van der Waals surface area contributed by atoms with Gasteiger partial charge in [0, 0.05) is 30.6 Å². The smallest absolute Gasteiger partial charge is 0.240 e. The fourth-order valence-corrected chi connectivity index (χ4v) is 4.31. The summed E-state index contributed by atoms with van der Waals surface area (Å²) in [7, 11) is 0. The van der Waals surface area contributed by atoms with E-state index in [1.807, 2.05) is 11.3 Å². The molecule has 7 heteroatoms.